The zero-order valence-corrected chi connectivity index (χ0v) is 11.1. The monoisotopic (exact) mass is 254 g/mol. The van der Waals surface area contributed by atoms with Crippen molar-refractivity contribution >= 4 is 11.6 Å². The van der Waals surface area contributed by atoms with Gasteiger partial charge in [-0.25, -0.2) is 0 Å². The standard InChI is InChI=1S/C13H19ClN2O/c1-13(5-6-13)12(16-15)8-9-7-10(14)3-4-11(9)17-2/h3-4,7,12,16H,5-6,8,15H2,1-2H3. The Balaban J connectivity index is 2.18. The molecule has 1 unspecified atom stereocenters. The third-order valence-electron chi connectivity index (χ3n) is 3.75. The van der Waals surface area contributed by atoms with Crippen LogP contribution in [0.3, 0.4) is 0 Å². The number of hydrogen-bond acceptors (Lipinski definition) is 3. The summed E-state index contributed by atoms with van der Waals surface area (Å²) in [7, 11) is 1.68. The first-order valence-electron chi connectivity index (χ1n) is 5.87. The highest BCUT2D eigenvalue weighted by Crippen LogP contribution is 2.49. The fraction of sp³-hybridized carbons (Fsp3) is 0.538. The summed E-state index contributed by atoms with van der Waals surface area (Å²) in [6.45, 7) is 2.26. The summed E-state index contributed by atoms with van der Waals surface area (Å²) in [6, 6.07) is 5.97. The highest BCUT2D eigenvalue weighted by molar-refractivity contribution is 6.30. The lowest BCUT2D eigenvalue weighted by Crippen LogP contribution is -2.42. The van der Waals surface area contributed by atoms with Gasteiger partial charge in [0.2, 0.25) is 0 Å². The molecule has 0 bridgehead atoms. The van der Waals surface area contributed by atoms with Gasteiger partial charge < -0.3 is 4.74 Å². The number of nitrogens with one attached hydrogen (secondary N) is 1. The molecule has 3 N–H and O–H groups in total. The van der Waals surface area contributed by atoms with E-state index in [0.717, 1.165) is 22.8 Å². The Morgan fingerprint density at radius 3 is 2.76 bits per heavy atom. The SMILES string of the molecule is COc1ccc(Cl)cc1CC(NN)C1(C)CC1. The van der Waals surface area contributed by atoms with Gasteiger partial charge in [-0.15, -0.1) is 0 Å². The van der Waals surface area contributed by atoms with Crippen LogP contribution in [-0.2, 0) is 6.42 Å². The molecule has 1 aliphatic carbocycles. The highest BCUT2D eigenvalue weighted by atomic mass is 35.5. The van der Waals surface area contributed by atoms with Gasteiger partial charge >= 0.3 is 0 Å². The second-order valence-corrected chi connectivity index (χ2v) is 5.47. The molecule has 0 amide bonds. The molecule has 1 saturated carbocycles. The molecule has 17 heavy (non-hydrogen) atoms. The van der Waals surface area contributed by atoms with E-state index in [1.54, 1.807) is 7.11 Å². The van der Waals surface area contributed by atoms with Crippen molar-refractivity contribution in [3.05, 3.63) is 28.8 Å². The summed E-state index contributed by atoms with van der Waals surface area (Å²) >= 11 is 6.02. The molecule has 94 valence electrons. The van der Waals surface area contributed by atoms with Crippen LogP contribution in [0.15, 0.2) is 18.2 Å². The number of halogens is 1. The van der Waals surface area contributed by atoms with Gasteiger partial charge in [0.1, 0.15) is 5.75 Å². The Morgan fingerprint density at radius 2 is 2.24 bits per heavy atom. The average Bonchev–Trinajstić information content (AvgIpc) is 3.05. The first-order valence-corrected chi connectivity index (χ1v) is 6.25. The predicted molar refractivity (Wildman–Crippen MR) is 70.2 cm³/mol. The van der Waals surface area contributed by atoms with Gasteiger partial charge in [-0.2, -0.15) is 0 Å². The smallest absolute Gasteiger partial charge is 0.122 e. The van der Waals surface area contributed by atoms with Crippen molar-refractivity contribution in [1.29, 1.82) is 0 Å². The van der Waals surface area contributed by atoms with Gasteiger partial charge in [-0.1, -0.05) is 18.5 Å². The summed E-state index contributed by atoms with van der Waals surface area (Å²) in [5, 5.41) is 0.734. The van der Waals surface area contributed by atoms with Crippen molar-refractivity contribution in [1.82, 2.24) is 5.43 Å². The van der Waals surface area contributed by atoms with Gasteiger partial charge in [-0.3, -0.25) is 11.3 Å². The molecule has 0 heterocycles. The molecule has 3 nitrogen and oxygen atoms in total. The van der Waals surface area contributed by atoms with Crippen LogP contribution in [0.25, 0.3) is 0 Å². The molecule has 1 aliphatic rings. The topological polar surface area (TPSA) is 47.3 Å². The van der Waals surface area contributed by atoms with E-state index in [4.69, 9.17) is 22.2 Å². The largest absolute Gasteiger partial charge is 0.496 e. The van der Waals surface area contributed by atoms with Crippen LogP contribution in [-0.4, -0.2) is 13.2 Å². The summed E-state index contributed by atoms with van der Waals surface area (Å²) in [6.07, 6.45) is 3.30. The number of ether oxygens (including phenoxy) is 1. The van der Waals surface area contributed by atoms with Crippen molar-refractivity contribution in [3.63, 3.8) is 0 Å². The van der Waals surface area contributed by atoms with E-state index in [0.29, 0.717) is 5.41 Å². The minimum atomic E-state index is 0.273. The van der Waals surface area contributed by atoms with Gasteiger partial charge in [-0.05, 0) is 48.4 Å². The second kappa shape index (κ2) is 4.84. The Morgan fingerprint density at radius 1 is 1.53 bits per heavy atom. The van der Waals surface area contributed by atoms with Crippen LogP contribution in [0.5, 0.6) is 5.75 Å². The first kappa shape index (κ1) is 12.7. The fourth-order valence-electron chi connectivity index (χ4n) is 2.18. The molecule has 4 heteroatoms. The third kappa shape index (κ3) is 2.73. The molecular formula is C13H19ClN2O. The maximum atomic E-state index is 6.02. The number of rotatable bonds is 5. The van der Waals surface area contributed by atoms with Gasteiger partial charge in [0.05, 0.1) is 7.11 Å². The molecule has 0 spiro atoms. The number of benzene rings is 1. The van der Waals surface area contributed by atoms with Crippen molar-refractivity contribution in [2.24, 2.45) is 11.3 Å². The lowest BCUT2D eigenvalue weighted by atomic mass is 9.92. The number of methoxy groups -OCH3 is 1. The number of nitrogens with two attached hydrogens (primary N) is 1. The zero-order valence-electron chi connectivity index (χ0n) is 10.3. The van der Waals surface area contributed by atoms with Crippen LogP contribution >= 0.6 is 11.6 Å². The Kier molecular flexibility index (Phi) is 3.61. The van der Waals surface area contributed by atoms with Crippen LogP contribution in [0.1, 0.15) is 25.3 Å². The van der Waals surface area contributed by atoms with Crippen molar-refractivity contribution in [3.8, 4) is 5.75 Å². The first-order chi connectivity index (χ1) is 8.09. The Bertz CT molecular complexity index is 404. The second-order valence-electron chi connectivity index (χ2n) is 5.03. The third-order valence-corrected chi connectivity index (χ3v) is 3.98. The molecule has 0 radical (unpaired) electrons. The predicted octanol–water partition coefficient (Wildman–Crippen LogP) is 2.52. The number of hydrazine groups is 1. The normalized spacial score (nSPS) is 18.8. The maximum absolute atomic E-state index is 6.02. The molecule has 0 aromatic heterocycles. The lowest BCUT2D eigenvalue weighted by Gasteiger charge is -2.23. The molecule has 2 rings (SSSR count). The lowest BCUT2D eigenvalue weighted by molar-refractivity contribution is 0.350. The van der Waals surface area contributed by atoms with Gasteiger partial charge in [0.25, 0.3) is 0 Å². The minimum Gasteiger partial charge on any atom is -0.496 e. The fourth-order valence-corrected chi connectivity index (χ4v) is 2.37. The molecule has 0 saturated heterocycles. The molecule has 1 atom stereocenters. The van der Waals surface area contributed by atoms with Crippen LogP contribution in [0.4, 0.5) is 0 Å². The summed E-state index contributed by atoms with van der Waals surface area (Å²) in [4.78, 5) is 0. The minimum absolute atomic E-state index is 0.273. The average molecular weight is 255 g/mol. The van der Waals surface area contributed by atoms with Crippen molar-refractivity contribution < 1.29 is 4.74 Å². The van der Waals surface area contributed by atoms with Gasteiger partial charge in [0.15, 0.2) is 0 Å². The summed E-state index contributed by atoms with van der Waals surface area (Å²) in [5.74, 6) is 6.53. The summed E-state index contributed by atoms with van der Waals surface area (Å²) < 4.78 is 5.35. The maximum Gasteiger partial charge on any atom is 0.122 e. The van der Waals surface area contributed by atoms with Crippen molar-refractivity contribution in [2.75, 3.05) is 7.11 Å². The quantitative estimate of drug-likeness (QED) is 0.627. The molecular weight excluding hydrogens is 236 g/mol. The Hall–Kier alpha value is -0.770. The van der Waals surface area contributed by atoms with Crippen LogP contribution < -0.4 is 16.0 Å². The van der Waals surface area contributed by atoms with E-state index in [2.05, 4.69) is 12.3 Å². The van der Waals surface area contributed by atoms with E-state index < -0.39 is 0 Å². The molecule has 1 aromatic carbocycles. The summed E-state index contributed by atoms with van der Waals surface area (Å²) in [5.41, 5.74) is 4.35. The van der Waals surface area contributed by atoms with Crippen molar-refractivity contribution in [2.45, 2.75) is 32.2 Å². The van der Waals surface area contributed by atoms with E-state index in [1.807, 2.05) is 18.2 Å². The van der Waals surface area contributed by atoms with Crippen LogP contribution in [0, 0.1) is 5.41 Å². The van der Waals surface area contributed by atoms with Crippen LogP contribution in [0.2, 0.25) is 5.02 Å². The molecule has 0 aliphatic heterocycles. The van der Waals surface area contributed by atoms with E-state index >= 15 is 0 Å². The molecule has 1 fully saturated rings. The van der Waals surface area contributed by atoms with E-state index in [9.17, 15) is 0 Å². The Labute approximate surface area is 107 Å². The highest BCUT2D eigenvalue weighted by Gasteiger charge is 2.44. The van der Waals surface area contributed by atoms with E-state index in [1.165, 1.54) is 12.8 Å². The van der Waals surface area contributed by atoms with E-state index in [-0.39, 0.29) is 6.04 Å². The van der Waals surface area contributed by atoms with Gasteiger partial charge in [0, 0.05) is 11.1 Å². The molecule has 1 aromatic rings. The number of hydrogen-bond donors (Lipinski definition) is 2. The zero-order chi connectivity index (χ0) is 12.5.